The van der Waals surface area contributed by atoms with Gasteiger partial charge in [-0.15, -0.1) is 0 Å². The number of hydrogen-bond acceptors (Lipinski definition) is 3. The lowest BCUT2D eigenvalue weighted by molar-refractivity contribution is 0.438. The summed E-state index contributed by atoms with van der Waals surface area (Å²) in [5.41, 5.74) is 6.52. The number of hydrogen-bond donors (Lipinski definition) is 1. The number of aromatic nitrogens is 2. The molecule has 4 aromatic rings. The molecule has 2 aromatic heterocycles. The van der Waals surface area contributed by atoms with E-state index in [1.165, 1.54) is 18.4 Å². The molecule has 0 radical (unpaired) electrons. The Bertz CT molecular complexity index is 1440. The normalized spacial score (nSPS) is 20.1. The van der Waals surface area contributed by atoms with Crippen molar-refractivity contribution in [2.45, 2.75) is 38.8 Å². The number of pyridine rings is 1. The van der Waals surface area contributed by atoms with Crippen LogP contribution in [0.5, 0.6) is 0 Å². The van der Waals surface area contributed by atoms with Crippen molar-refractivity contribution in [3.05, 3.63) is 107 Å². The van der Waals surface area contributed by atoms with Crippen molar-refractivity contribution >= 4 is 40.3 Å². The average Bonchev–Trinajstić information content (AvgIpc) is 3.54. The Hall–Kier alpha value is -3.35. The standard InChI is InChI=1S/C31H32ClN5S/c1-21-14-18-35(19-15-21)27-13-12-23(20-24(27)32)37-30(29(34-31(37)38)25-9-5-6-16-33-25)28-11-7-17-36(28)26-10-4-3-8-22(26)2/h3-13,16-17,20-21,29-30H,14-15,18-19H2,1-2H3,(H,34,38)/t29-,30-/m1/s1. The summed E-state index contributed by atoms with van der Waals surface area (Å²) in [6.45, 7) is 6.55. The number of para-hydroxylation sites is 1. The van der Waals surface area contributed by atoms with Crippen LogP contribution >= 0.6 is 23.8 Å². The molecule has 2 aliphatic heterocycles. The number of halogens is 1. The molecule has 0 bridgehead atoms. The zero-order valence-electron chi connectivity index (χ0n) is 21.7. The van der Waals surface area contributed by atoms with E-state index in [1.807, 2.05) is 18.3 Å². The van der Waals surface area contributed by atoms with Gasteiger partial charge in [-0.3, -0.25) is 4.98 Å². The Morgan fingerprint density at radius 2 is 1.74 bits per heavy atom. The van der Waals surface area contributed by atoms with E-state index in [1.54, 1.807) is 0 Å². The van der Waals surface area contributed by atoms with E-state index in [4.69, 9.17) is 28.8 Å². The first-order valence-electron chi connectivity index (χ1n) is 13.3. The molecule has 2 fully saturated rings. The minimum absolute atomic E-state index is 0.121. The van der Waals surface area contributed by atoms with E-state index in [9.17, 15) is 0 Å². The summed E-state index contributed by atoms with van der Waals surface area (Å²) < 4.78 is 2.27. The van der Waals surface area contributed by atoms with Gasteiger partial charge < -0.3 is 19.7 Å². The highest BCUT2D eigenvalue weighted by molar-refractivity contribution is 7.80. The zero-order valence-corrected chi connectivity index (χ0v) is 23.3. The van der Waals surface area contributed by atoms with Gasteiger partial charge in [0.15, 0.2) is 5.11 Å². The second kappa shape index (κ2) is 10.4. The third-order valence-corrected chi connectivity index (χ3v) is 8.51. The van der Waals surface area contributed by atoms with Crippen molar-refractivity contribution in [3.63, 3.8) is 0 Å². The summed E-state index contributed by atoms with van der Waals surface area (Å²) in [4.78, 5) is 9.32. The summed E-state index contributed by atoms with van der Waals surface area (Å²) in [5.74, 6) is 0.770. The van der Waals surface area contributed by atoms with Gasteiger partial charge in [-0.1, -0.05) is 42.8 Å². The third-order valence-electron chi connectivity index (χ3n) is 7.89. The quantitative estimate of drug-likeness (QED) is 0.269. The van der Waals surface area contributed by atoms with Crippen molar-refractivity contribution in [2.24, 2.45) is 5.92 Å². The summed E-state index contributed by atoms with van der Waals surface area (Å²) in [5, 5.41) is 5.00. The molecule has 2 saturated heterocycles. The SMILES string of the molecule is Cc1ccccc1-n1cccc1[C@@H]1[C@@H](c2ccccn2)NC(=S)N1c1ccc(N2CCC(C)CC2)c(Cl)c1. The van der Waals surface area contributed by atoms with Crippen LogP contribution in [-0.4, -0.2) is 27.8 Å². The maximum absolute atomic E-state index is 6.95. The summed E-state index contributed by atoms with van der Waals surface area (Å²) in [6, 6.07) is 24.9. The minimum atomic E-state index is -0.122. The van der Waals surface area contributed by atoms with E-state index in [-0.39, 0.29) is 12.1 Å². The molecule has 0 saturated carbocycles. The van der Waals surface area contributed by atoms with Crippen LogP contribution in [0.25, 0.3) is 5.69 Å². The molecular weight excluding hydrogens is 510 g/mol. The van der Waals surface area contributed by atoms with Gasteiger partial charge in [-0.25, -0.2) is 0 Å². The van der Waals surface area contributed by atoms with Crippen molar-refractivity contribution < 1.29 is 0 Å². The lowest BCUT2D eigenvalue weighted by Crippen LogP contribution is -2.33. The molecule has 2 atom stereocenters. The Balaban J connectivity index is 1.43. The molecule has 1 N–H and O–H groups in total. The van der Waals surface area contributed by atoms with E-state index >= 15 is 0 Å². The minimum Gasteiger partial charge on any atom is -0.370 e. The molecule has 194 valence electrons. The summed E-state index contributed by atoms with van der Waals surface area (Å²) in [7, 11) is 0. The van der Waals surface area contributed by atoms with Crippen molar-refractivity contribution in [1.29, 1.82) is 0 Å². The number of anilines is 2. The van der Waals surface area contributed by atoms with Crippen LogP contribution in [-0.2, 0) is 0 Å². The van der Waals surface area contributed by atoms with E-state index in [0.717, 1.165) is 52.5 Å². The van der Waals surface area contributed by atoms with Crippen LogP contribution in [0.15, 0.2) is 85.2 Å². The third kappa shape index (κ3) is 4.56. The molecule has 2 aromatic carbocycles. The largest absolute Gasteiger partial charge is 0.370 e. The number of nitrogens with zero attached hydrogens (tertiary/aromatic N) is 4. The second-order valence-electron chi connectivity index (χ2n) is 10.4. The summed E-state index contributed by atoms with van der Waals surface area (Å²) in [6.07, 6.45) is 6.36. The highest BCUT2D eigenvalue weighted by Gasteiger charge is 2.42. The highest BCUT2D eigenvalue weighted by Crippen LogP contribution is 2.44. The van der Waals surface area contributed by atoms with Crippen LogP contribution in [0.3, 0.4) is 0 Å². The Morgan fingerprint density at radius 1 is 0.947 bits per heavy atom. The summed E-state index contributed by atoms with van der Waals surface area (Å²) >= 11 is 12.9. The van der Waals surface area contributed by atoms with Crippen LogP contribution in [0.2, 0.25) is 5.02 Å². The van der Waals surface area contributed by atoms with Gasteiger partial charge in [0.1, 0.15) is 6.04 Å². The van der Waals surface area contributed by atoms with Gasteiger partial charge >= 0.3 is 0 Å². The lowest BCUT2D eigenvalue weighted by atomic mass is 9.98. The molecule has 0 amide bonds. The first-order valence-corrected chi connectivity index (χ1v) is 14.1. The molecule has 4 heterocycles. The lowest BCUT2D eigenvalue weighted by Gasteiger charge is -2.33. The molecule has 0 aliphatic carbocycles. The molecule has 7 heteroatoms. The van der Waals surface area contributed by atoms with Gasteiger partial charge in [0.2, 0.25) is 0 Å². The van der Waals surface area contributed by atoms with Gasteiger partial charge in [0.25, 0.3) is 0 Å². The maximum atomic E-state index is 6.95. The number of piperidine rings is 1. The van der Waals surface area contributed by atoms with Crippen molar-refractivity contribution in [3.8, 4) is 5.69 Å². The number of nitrogens with one attached hydrogen (secondary N) is 1. The Kier molecular flexibility index (Phi) is 6.85. The number of thiocarbonyl (C=S) groups is 1. The van der Waals surface area contributed by atoms with Crippen LogP contribution in [0.1, 0.15) is 48.8 Å². The van der Waals surface area contributed by atoms with Gasteiger partial charge in [0, 0.05) is 42.6 Å². The van der Waals surface area contributed by atoms with Crippen LogP contribution < -0.4 is 15.1 Å². The van der Waals surface area contributed by atoms with Crippen LogP contribution in [0.4, 0.5) is 11.4 Å². The van der Waals surface area contributed by atoms with Crippen molar-refractivity contribution in [1.82, 2.24) is 14.9 Å². The molecular formula is C31H32ClN5S. The predicted octanol–water partition coefficient (Wildman–Crippen LogP) is 7.25. The van der Waals surface area contributed by atoms with Gasteiger partial charge in [-0.05, 0) is 92.0 Å². The molecule has 5 nitrogen and oxygen atoms in total. The molecule has 6 rings (SSSR count). The van der Waals surface area contributed by atoms with E-state index in [0.29, 0.717) is 5.11 Å². The van der Waals surface area contributed by atoms with E-state index in [2.05, 4.69) is 100 Å². The molecule has 38 heavy (non-hydrogen) atoms. The fourth-order valence-electron chi connectivity index (χ4n) is 5.77. The maximum Gasteiger partial charge on any atom is 0.174 e. The zero-order chi connectivity index (χ0) is 26.2. The predicted molar refractivity (Wildman–Crippen MR) is 161 cm³/mol. The first-order chi connectivity index (χ1) is 18.5. The molecule has 0 unspecified atom stereocenters. The Labute approximate surface area is 235 Å². The number of aryl methyl sites for hydroxylation is 1. The van der Waals surface area contributed by atoms with Gasteiger partial charge in [0.05, 0.1) is 22.4 Å². The van der Waals surface area contributed by atoms with Crippen molar-refractivity contribution in [2.75, 3.05) is 22.9 Å². The van der Waals surface area contributed by atoms with E-state index < -0.39 is 0 Å². The smallest absolute Gasteiger partial charge is 0.174 e. The number of rotatable bonds is 5. The fourth-order valence-corrected chi connectivity index (χ4v) is 6.41. The monoisotopic (exact) mass is 541 g/mol. The Morgan fingerprint density at radius 3 is 2.47 bits per heavy atom. The molecule has 2 aliphatic rings. The highest BCUT2D eigenvalue weighted by atomic mass is 35.5. The van der Waals surface area contributed by atoms with Crippen LogP contribution in [0, 0.1) is 12.8 Å². The molecule has 0 spiro atoms. The topological polar surface area (TPSA) is 36.3 Å². The fraction of sp³-hybridized carbons (Fsp3) is 0.290. The first kappa shape index (κ1) is 25.0. The average molecular weight is 542 g/mol. The number of benzene rings is 2. The second-order valence-corrected chi connectivity index (χ2v) is 11.2. The van der Waals surface area contributed by atoms with Gasteiger partial charge in [-0.2, -0.15) is 0 Å².